The molecule has 0 radical (unpaired) electrons. The van der Waals surface area contributed by atoms with Gasteiger partial charge in [-0.2, -0.15) is 0 Å². The Hall–Kier alpha value is -0.870. The number of aliphatic hydroxyl groups is 1. The molecule has 1 aliphatic rings. The Morgan fingerprint density at radius 2 is 2.12 bits per heavy atom. The Bertz CT molecular complexity index is 344. The van der Waals surface area contributed by atoms with Crippen LogP contribution in [0.15, 0.2) is 6.07 Å². The first-order chi connectivity index (χ1) is 7.69. The maximum absolute atomic E-state index is 9.07. The molecular formula is C11H16ClN3O. The van der Waals surface area contributed by atoms with Crippen LogP contribution in [0.25, 0.3) is 0 Å². The van der Waals surface area contributed by atoms with Gasteiger partial charge in [0.25, 0.3) is 0 Å². The average molecular weight is 242 g/mol. The Morgan fingerprint density at radius 3 is 2.69 bits per heavy atom. The molecule has 0 bridgehead atoms. The summed E-state index contributed by atoms with van der Waals surface area (Å²) >= 11 is 5.84. The van der Waals surface area contributed by atoms with Gasteiger partial charge in [0, 0.05) is 31.5 Å². The maximum Gasteiger partial charge on any atom is 0.224 e. The van der Waals surface area contributed by atoms with Crippen molar-refractivity contribution >= 4 is 17.4 Å². The van der Waals surface area contributed by atoms with E-state index in [0.717, 1.165) is 37.4 Å². The highest BCUT2D eigenvalue weighted by Gasteiger charge is 2.19. The fraction of sp³-hybridized carbons (Fsp3) is 0.636. The van der Waals surface area contributed by atoms with Gasteiger partial charge < -0.3 is 10.0 Å². The molecule has 1 N–H and O–H groups in total. The Kier molecular flexibility index (Phi) is 3.61. The van der Waals surface area contributed by atoms with Gasteiger partial charge in [0.05, 0.1) is 0 Å². The first-order valence-electron chi connectivity index (χ1n) is 5.56. The second-order valence-corrected chi connectivity index (χ2v) is 4.59. The minimum Gasteiger partial charge on any atom is -0.396 e. The van der Waals surface area contributed by atoms with Gasteiger partial charge in [0.1, 0.15) is 5.82 Å². The summed E-state index contributed by atoms with van der Waals surface area (Å²) < 4.78 is 0. The molecule has 1 saturated heterocycles. The van der Waals surface area contributed by atoms with E-state index in [1.807, 2.05) is 13.0 Å². The third kappa shape index (κ3) is 2.62. The summed E-state index contributed by atoms with van der Waals surface area (Å²) in [5.41, 5.74) is 0.888. The van der Waals surface area contributed by atoms with Crippen molar-refractivity contribution in [1.82, 2.24) is 9.97 Å². The van der Waals surface area contributed by atoms with E-state index in [2.05, 4.69) is 14.9 Å². The number of halogens is 1. The van der Waals surface area contributed by atoms with Crippen LogP contribution in [0.3, 0.4) is 0 Å². The normalized spacial score (nSPS) is 17.8. The molecule has 0 aromatic carbocycles. The zero-order valence-corrected chi connectivity index (χ0v) is 10.1. The molecule has 88 valence electrons. The predicted octanol–water partition coefficient (Wildman–Crippen LogP) is 1.65. The third-order valence-electron chi connectivity index (χ3n) is 3.01. The summed E-state index contributed by atoms with van der Waals surface area (Å²) in [5, 5.41) is 9.38. The van der Waals surface area contributed by atoms with Crippen LogP contribution in [-0.4, -0.2) is 34.8 Å². The van der Waals surface area contributed by atoms with Crippen LogP contribution in [0.1, 0.15) is 18.5 Å². The standard InChI is InChI=1S/C11H16ClN3O/c1-8-6-10(14-11(12)13-8)15-4-2-9(7-16)3-5-15/h6,9,16H,2-5,7H2,1H3. The van der Waals surface area contributed by atoms with Crippen LogP contribution in [0.4, 0.5) is 5.82 Å². The van der Waals surface area contributed by atoms with Crippen LogP contribution in [0, 0.1) is 12.8 Å². The first-order valence-corrected chi connectivity index (χ1v) is 5.94. The van der Waals surface area contributed by atoms with Crippen molar-refractivity contribution in [3.8, 4) is 0 Å². The Balaban J connectivity index is 2.08. The smallest absolute Gasteiger partial charge is 0.224 e. The minimum atomic E-state index is 0.289. The van der Waals surface area contributed by atoms with E-state index in [1.165, 1.54) is 0 Å². The number of rotatable bonds is 2. The van der Waals surface area contributed by atoms with E-state index in [9.17, 15) is 0 Å². The van der Waals surface area contributed by atoms with Gasteiger partial charge in [-0.1, -0.05) is 0 Å². The van der Waals surface area contributed by atoms with E-state index >= 15 is 0 Å². The van der Waals surface area contributed by atoms with Crippen molar-refractivity contribution < 1.29 is 5.11 Å². The van der Waals surface area contributed by atoms with E-state index < -0.39 is 0 Å². The molecule has 0 atom stereocenters. The molecule has 0 spiro atoms. The molecule has 1 aromatic rings. The lowest BCUT2D eigenvalue weighted by Crippen LogP contribution is -2.35. The number of nitrogens with zero attached hydrogens (tertiary/aromatic N) is 3. The lowest BCUT2D eigenvalue weighted by atomic mass is 9.98. The van der Waals surface area contributed by atoms with E-state index in [1.54, 1.807) is 0 Å². The van der Waals surface area contributed by atoms with Gasteiger partial charge in [0.15, 0.2) is 0 Å². The van der Waals surface area contributed by atoms with Crippen LogP contribution in [-0.2, 0) is 0 Å². The summed E-state index contributed by atoms with van der Waals surface area (Å²) in [6.45, 7) is 4.06. The van der Waals surface area contributed by atoms with Crippen molar-refractivity contribution in [3.05, 3.63) is 17.0 Å². The molecule has 0 aliphatic carbocycles. The van der Waals surface area contributed by atoms with Crippen molar-refractivity contribution in [3.63, 3.8) is 0 Å². The molecule has 1 aromatic heterocycles. The summed E-state index contributed by atoms with van der Waals surface area (Å²) in [6.07, 6.45) is 2.02. The molecule has 5 heteroatoms. The fourth-order valence-corrected chi connectivity index (χ4v) is 2.24. The van der Waals surface area contributed by atoms with Crippen LogP contribution < -0.4 is 4.90 Å². The molecule has 0 unspecified atom stereocenters. The highest BCUT2D eigenvalue weighted by atomic mass is 35.5. The molecule has 0 amide bonds. The molecule has 16 heavy (non-hydrogen) atoms. The fourth-order valence-electron chi connectivity index (χ4n) is 2.02. The van der Waals surface area contributed by atoms with Gasteiger partial charge in [-0.05, 0) is 37.3 Å². The topological polar surface area (TPSA) is 49.2 Å². The van der Waals surface area contributed by atoms with E-state index in [-0.39, 0.29) is 6.61 Å². The molecule has 2 heterocycles. The molecule has 0 saturated carbocycles. The van der Waals surface area contributed by atoms with Gasteiger partial charge in [-0.25, -0.2) is 9.97 Å². The Labute approximate surface area is 100 Å². The third-order valence-corrected chi connectivity index (χ3v) is 3.18. The van der Waals surface area contributed by atoms with Crippen molar-refractivity contribution in [2.45, 2.75) is 19.8 Å². The van der Waals surface area contributed by atoms with Crippen LogP contribution >= 0.6 is 11.6 Å². The lowest BCUT2D eigenvalue weighted by Gasteiger charge is -2.32. The summed E-state index contributed by atoms with van der Waals surface area (Å²) in [5.74, 6) is 1.34. The maximum atomic E-state index is 9.07. The predicted molar refractivity (Wildman–Crippen MR) is 63.8 cm³/mol. The molecule has 1 aliphatic heterocycles. The number of piperidine rings is 1. The number of aryl methyl sites for hydroxylation is 1. The van der Waals surface area contributed by atoms with Gasteiger partial charge in [0.2, 0.25) is 5.28 Å². The monoisotopic (exact) mass is 241 g/mol. The largest absolute Gasteiger partial charge is 0.396 e. The second-order valence-electron chi connectivity index (χ2n) is 4.25. The Morgan fingerprint density at radius 1 is 1.44 bits per heavy atom. The van der Waals surface area contributed by atoms with Gasteiger partial charge >= 0.3 is 0 Å². The second kappa shape index (κ2) is 4.97. The van der Waals surface area contributed by atoms with Crippen molar-refractivity contribution in [2.24, 2.45) is 5.92 Å². The number of hydrogen-bond donors (Lipinski definition) is 1. The highest BCUT2D eigenvalue weighted by molar-refractivity contribution is 6.28. The summed E-state index contributed by atoms with van der Waals surface area (Å²) in [7, 11) is 0. The van der Waals surface area contributed by atoms with E-state index in [0.29, 0.717) is 11.2 Å². The van der Waals surface area contributed by atoms with E-state index in [4.69, 9.17) is 16.7 Å². The quantitative estimate of drug-likeness (QED) is 0.800. The molecule has 1 fully saturated rings. The number of aliphatic hydroxyl groups excluding tert-OH is 1. The van der Waals surface area contributed by atoms with Gasteiger partial charge in [-0.3, -0.25) is 0 Å². The zero-order valence-electron chi connectivity index (χ0n) is 9.36. The summed E-state index contributed by atoms with van der Waals surface area (Å²) in [4.78, 5) is 10.5. The van der Waals surface area contributed by atoms with Crippen molar-refractivity contribution in [2.75, 3.05) is 24.6 Å². The lowest BCUT2D eigenvalue weighted by molar-refractivity contribution is 0.203. The number of anilines is 1. The van der Waals surface area contributed by atoms with Crippen molar-refractivity contribution in [1.29, 1.82) is 0 Å². The highest BCUT2D eigenvalue weighted by Crippen LogP contribution is 2.22. The number of aromatic nitrogens is 2. The minimum absolute atomic E-state index is 0.289. The van der Waals surface area contributed by atoms with Gasteiger partial charge in [-0.15, -0.1) is 0 Å². The molecule has 4 nitrogen and oxygen atoms in total. The first kappa shape index (κ1) is 11.6. The number of hydrogen-bond acceptors (Lipinski definition) is 4. The SMILES string of the molecule is Cc1cc(N2CCC(CO)CC2)nc(Cl)n1. The summed E-state index contributed by atoms with van der Waals surface area (Å²) in [6, 6.07) is 1.95. The van der Waals surface area contributed by atoms with Crippen LogP contribution in [0.2, 0.25) is 5.28 Å². The molecular weight excluding hydrogens is 226 g/mol. The molecule has 2 rings (SSSR count). The van der Waals surface area contributed by atoms with Crippen LogP contribution in [0.5, 0.6) is 0 Å². The average Bonchev–Trinajstić information content (AvgIpc) is 2.28. The zero-order chi connectivity index (χ0) is 11.5.